The average Bonchev–Trinajstić information content (AvgIpc) is 3.00. The number of carbonyl (C=O) groups excluding carboxylic acids is 1. The van der Waals surface area contributed by atoms with Gasteiger partial charge in [0, 0.05) is 6.54 Å². The summed E-state index contributed by atoms with van der Waals surface area (Å²) in [4.78, 5) is 14.6. The second-order valence-electron chi connectivity index (χ2n) is 5.71. The Bertz CT molecular complexity index is 702. The van der Waals surface area contributed by atoms with Gasteiger partial charge in [0.05, 0.1) is 22.9 Å². The fourth-order valence-corrected chi connectivity index (χ4v) is 3.80. The van der Waals surface area contributed by atoms with Crippen molar-refractivity contribution in [1.29, 1.82) is 0 Å². The molecule has 0 saturated heterocycles. The first-order valence-electron chi connectivity index (χ1n) is 8.19. The van der Waals surface area contributed by atoms with E-state index in [1.165, 1.54) is 4.88 Å². The molecule has 1 amide bonds. The number of thiophene rings is 1. The van der Waals surface area contributed by atoms with Crippen LogP contribution in [0.2, 0.25) is 4.34 Å². The number of quaternary nitrogens is 1. The Balaban J connectivity index is 1.81. The lowest BCUT2D eigenvalue weighted by Crippen LogP contribution is -3.11. The Hall–Kier alpha value is -1.82. The van der Waals surface area contributed by atoms with Crippen LogP contribution in [0.4, 0.5) is 0 Å². The molecule has 0 bridgehead atoms. The van der Waals surface area contributed by atoms with E-state index in [9.17, 15) is 4.79 Å². The van der Waals surface area contributed by atoms with Crippen molar-refractivity contribution < 1.29 is 14.4 Å². The minimum atomic E-state index is 0.0365. The van der Waals surface area contributed by atoms with Crippen molar-refractivity contribution in [2.75, 3.05) is 26.7 Å². The molecule has 2 N–H and O–H groups in total. The maximum absolute atomic E-state index is 12.2. The molecule has 0 fully saturated rings. The summed E-state index contributed by atoms with van der Waals surface area (Å²) in [6, 6.07) is 11.8. The fourth-order valence-electron chi connectivity index (χ4n) is 2.64. The van der Waals surface area contributed by atoms with Crippen LogP contribution in [0.1, 0.15) is 10.4 Å². The molecule has 2 aromatic rings. The van der Waals surface area contributed by atoms with E-state index in [1.54, 1.807) is 18.4 Å². The normalized spacial score (nSPS) is 11.8. The van der Waals surface area contributed by atoms with E-state index in [0.717, 1.165) is 40.1 Å². The average molecular weight is 380 g/mol. The van der Waals surface area contributed by atoms with Gasteiger partial charge in [-0.05, 0) is 36.3 Å². The molecule has 1 heterocycles. The highest BCUT2D eigenvalue weighted by molar-refractivity contribution is 7.16. The molecule has 1 atom stereocenters. The molecule has 1 unspecified atom stereocenters. The zero-order chi connectivity index (χ0) is 18.1. The van der Waals surface area contributed by atoms with Crippen molar-refractivity contribution in [2.45, 2.75) is 13.0 Å². The lowest BCUT2D eigenvalue weighted by molar-refractivity contribution is -0.899. The van der Waals surface area contributed by atoms with Crippen LogP contribution in [0.3, 0.4) is 0 Å². The van der Waals surface area contributed by atoms with Crippen LogP contribution in [-0.2, 0) is 17.8 Å². The Kier molecular flexibility index (Phi) is 7.98. The van der Waals surface area contributed by atoms with Crippen molar-refractivity contribution in [3.8, 4) is 5.75 Å². The number of hydrogen-bond donors (Lipinski definition) is 2. The quantitative estimate of drug-likeness (QED) is 0.622. The Morgan fingerprint density at radius 2 is 2.16 bits per heavy atom. The predicted molar refractivity (Wildman–Crippen MR) is 104 cm³/mol. The number of hydrogen-bond acceptors (Lipinski definition) is 3. The van der Waals surface area contributed by atoms with Gasteiger partial charge in [-0.1, -0.05) is 36.4 Å². The molecule has 6 heteroatoms. The molecule has 2 rings (SSSR count). The highest BCUT2D eigenvalue weighted by Gasteiger charge is 2.14. The first-order valence-corrected chi connectivity index (χ1v) is 9.39. The maximum Gasteiger partial charge on any atom is 0.275 e. The third-order valence-corrected chi connectivity index (χ3v) is 5.04. The molecule has 0 aliphatic heterocycles. The standard InChI is InChI=1S/C19H23ClN2O2S/c1-3-12-22(13-16-8-9-18(20)25-16)14-19(23)21-11-10-15-6-4-5-7-17(15)24-2/h3-9H,1,10-14H2,2H3,(H,21,23)/p+1. The third kappa shape index (κ3) is 6.53. The first-order chi connectivity index (χ1) is 12.1. The number of ether oxygens (including phenoxy) is 1. The van der Waals surface area contributed by atoms with Gasteiger partial charge in [0.1, 0.15) is 12.3 Å². The second kappa shape index (κ2) is 10.2. The van der Waals surface area contributed by atoms with E-state index in [2.05, 4.69) is 11.9 Å². The SMILES string of the molecule is C=CC[NH+](CC(=O)NCCc1ccccc1OC)Cc1ccc(Cl)s1. The number of halogens is 1. The topological polar surface area (TPSA) is 42.8 Å². The molecular weight excluding hydrogens is 356 g/mol. The Morgan fingerprint density at radius 1 is 1.36 bits per heavy atom. The summed E-state index contributed by atoms with van der Waals surface area (Å²) in [5.74, 6) is 0.889. The van der Waals surface area contributed by atoms with Crippen molar-refractivity contribution in [3.05, 3.63) is 63.8 Å². The summed E-state index contributed by atoms with van der Waals surface area (Å²) >= 11 is 7.53. The first kappa shape index (κ1) is 19.5. The van der Waals surface area contributed by atoms with E-state index < -0.39 is 0 Å². The molecule has 134 valence electrons. The van der Waals surface area contributed by atoms with E-state index in [0.29, 0.717) is 13.1 Å². The highest BCUT2D eigenvalue weighted by atomic mass is 35.5. The van der Waals surface area contributed by atoms with Gasteiger partial charge in [0.15, 0.2) is 6.54 Å². The molecule has 0 saturated carbocycles. The van der Waals surface area contributed by atoms with Gasteiger partial charge in [-0.3, -0.25) is 4.79 Å². The smallest absolute Gasteiger partial charge is 0.275 e. The number of amides is 1. The molecule has 0 radical (unpaired) electrons. The number of rotatable bonds is 10. The molecule has 4 nitrogen and oxygen atoms in total. The minimum absolute atomic E-state index is 0.0365. The van der Waals surface area contributed by atoms with E-state index in [4.69, 9.17) is 16.3 Å². The highest BCUT2D eigenvalue weighted by Crippen LogP contribution is 2.20. The number of methoxy groups -OCH3 is 1. The van der Waals surface area contributed by atoms with Gasteiger partial charge < -0.3 is 15.0 Å². The van der Waals surface area contributed by atoms with Crippen LogP contribution in [-0.4, -0.2) is 32.7 Å². The van der Waals surface area contributed by atoms with Crippen LogP contribution >= 0.6 is 22.9 Å². The van der Waals surface area contributed by atoms with E-state index in [1.807, 2.05) is 42.5 Å². The van der Waals surface area contributed by atoms with Gasteiger partial charge in [0.2, 0.25) is 0 Å². The van der Waals surface area contributed by atoms with E-state index >= 15 is 0 Å². The number of para-hydroxylation sites is 1. The largest absolute Gasteiger partial charge is 0.496 e. The molecule has 1 aromatic carbocycles. The van der Waals surface area contributed by atoms with Crippen LogP contribution in [0.15, 0.2) is 49.1 Å². The summed E-state index contributed by atoms with van der Waals surface area (Å²) in [5.41, 5.74) is 1.09. The van der Waals surface area contributed by atoms with Crippen LogP contribution in [0.5, 0.6) is 5.75 Å². The zero-order valence-corrected chi connectivity index (χ0v) is 16.0. The summed E-state index contributed by atoms with van der Waals surface area (Å²) in [6.45, 7) is 6.28. The summed E-state index contributed by atoms with van der Waals surface area (Å²) in [5, 5.41) is 2.99. The molecule has 1 aromatic heterocycles. The molecule has 0 aliphatic carbocycles. The third-order valence-electron chi connectivity index (χ3n) is 3.81. The van der Waals surface area contributed by atoms with Gasteiger partial charge in [-0.2, -0.15) is 0 Å². The Morgan fingerprint density at radius 3 is 2.84 bits per heavy atom. The Labute approximate surface area is 158 Å². The summed E-state index contributed by atoms with van der Waals surface area (Å²) < 4.78 is 6.10. The molecule has 25 heavy (non-hydrogen) atoms. The monoisotopic (exact) mass is 379 g/mol. The minimum Gasteiger partial charge on any atom is -0.496 e. The zero-order valence-electron chi connectivity index (χ0n) is 14.4. The maximum atomic E-state index is 12.2. The van der Waals surface area contributed by atoms with Crippen LogP contribution in [0.25, 0.3) is 0 Å². The van der Waals surface area contributed by atoms with Crippen molar-refractivity contribution in [1.82, 2.24) is 5.32 Å². The van der Waals surface area contributed by atoms with Gasteiger partial charge >= 0.3 is 0 Å². The summed E-state index contributed by atoms with van der Waals surface area (Å²) in [6.07, 6.45) is 2.58. The molecular formula is C19H24ClN2O2S+. The molecule has 0 aliphatic rings. The number of carbonyl (C=O) groups is 1. The second-order valence-corrected chi connectivity index (χ2v) is 7.51. The van der Waals surface area contributed by atoms with Gasteiger partial charge in [0.25, 0.3) is 5.91 Å². The van der Waals surface area contributed by atoms with Gasteiger partial charge in [-0.15, -0.1) is 11.3 Å². The van der Waals surface area contributed by atoms with Crippen molar-refractivity contribution in [3.63, 3.8) is 0 Å². The number of nitrogens with one attached hydrogen (secondary N) is 2. The molecule has 0 spiro atoms. The predicted octanol–water partition coefficient (Wildman–Crippen LogP) is 2.34. The lowest BCUT2D eigenvalue weighted by atomic mass is 10.1. The van der Waals surface area contributed by atoms with Crippen LogP contribution in [0, 0.1) is 0 Å². The van der Waals surface area contributed by atoms with Crippen molar-refractivity contribution >= 4 is 28.8 Å². The lowest BCUT2D eigenvalue weighted by Gasteiger charge is -2.17. The van der Waals surface area contributed by atoms with E-state index in [-0.39, 0.29) is 5.91 Å². The van der Waals surface area contributed by atoms with Crippen LogP contribution < -0.4 is 15.0 Å². The summed E-state index contributed by atoms with van der Waals surface area (Å²) in [7, 11) is 1.66. The fraction of sp³-hybridized carbons (Fsp3) is 0.316. The number of benzene rings is 1. The van der Waals surface area contributed by atoms with Gasteiger partial charge in [-0.25, -0.2) is 0 Å². The van der Waals surface area contributed by atoms with Crippen molar-refractivity contribution in [2.24, 2.45) is 0 Å².